The second-order valence-electron chi connectivity index (χ2n) is 6.75. The summed E-state index contributed by atoms with van der Waals surface area (Å²) in [6.45, 7) is 2.02. The highest BCUT2D eigenvalue weighted by Gasteiger charge is 2.35. The first-order valence-corrected chi connectivity index (χ1v) is 10.3. The van der Waals surface area contributed by atoms with Crippen LogP contribution in [-0.4, -0.2) is 17.6 Å². The molecular formula is C21H21F3N2O2S. The van der Waals surface area contributed by atoms with E-state index in [-0.39, 0.29) is 22.9 Å². The molecule has 3 rings (SSSR count). The molecule has 29 heavy (non-hydrogen) atoms. The van der Waals surface area contributed by atoms with Crippen LogP contribution in [0.2, 0.25) is 0 Å². The third kappa shape index (κ3) is 5.12. The average Bonchev–Trinajstić information content (AvgIpc) is 3.08. The molecule has 1 atom stereocenters. The minimum Gasteiger partial charge on any atom is -0.326 e. The Morgan fingerprint density at radius 1 is 1.14 bits per heavy atom. The van der Waals surface area contributed by atoms with Gasteiger partial charge in [-0.2, -0.15) is 13.2 Å². The maximum Gasteiger partial charge on any atom is 0.416 e. The van der Waals surface area contributed by atoms with E-state index in [4.69, 9.17) is 0 Å². The van der Waals surface area contributed by atoms with Gasteiger partial charge in [0.15, 0.2) is 0 Å². The number of halogens is 3. The SMILES string of the molecule is CCCCC(=O)Nc1ccc(C2SCC(=O)N2c2ccc(C(F)(F)F)cc2)cc1. The van der Waals surface area contributed by atoms with Crippen molar-refractivity contribution in [1.82, 2.24) is 0 Å². The van der Waals surface area contributed by atoms with Crippen molar-refractivity contribution >= 4 is 35.0 Å². The molecule has 2 amide bonds. The van der Waals surface area contributed by atoms with Crippen molar-refractivity contribution in [2.75, 3.05) is 16.0 Å². The van der Waals surface area contributed by atoms with Crippen molar-refractivity contribution in [3.8, 4) is 0 Å². The summed E-state index contributed by atoms with van der Waals surface area (Å²) >= 11 is 1.41. The van der Waals surface area contributed by atoms with Crippen molar-refractivity contribution in [3.05, 3.63) is 59.7 Å². The van der Waals surface area contributed by atoms with E-state index in [0.717, 1.165) is 30.5 Å². The lowest BCUT2D eigenvalue weighted by Crippen LogP contribution is -2.27. The summed E-state index contributed by atoms with van der Waals surface area (Å²) < 4.78 is 38.4. The van der Waals surface area contributed by atoms with Gasteiger partial charge >= 0.3 is 6.18 Å². The third-order valence-electron chi connectivity index (χ3n) is 4.58. The maximum atomic E-state index is 12.8. The van der Waals surface area contributed by atoms with Gasteiger partial charge in [0.1, 0.15) is 5.37 Å². The number of anilines is 2. The van der Waals surface area contributed by atoms with Crippen molar-refractivity contribution in [3.63, 3.8) is 0 Å². The van der Waals surface area contributed by atoms with E-state index in [9.17, 15) is 22.8 Å². The monoisotopic (exact) mass is 422 g/mol. The number of carbonyl (C=O) groups is 2. The molecule has 2 aromatic rings. The van der Waals surface area contributed by atoms with Crippen LogP contribution in [0.15, 0.2) is 48.5 Å². The second-order valence-corrected chi connectivity index (χ2v) is 7.81. The van der Waals surface area contributed by atoms with Crippen LogP contribution in [0.4, 0.5) is 24.5 Å². The topological polar surface area (TPSA) is 49.4 Å². The maximum absolute atomic E-state index is 12.8. The molecule has 1 unspecified atom stereocenters. The fraction of sp³-hybridized carbons (Fsp3) is 0.333. The summed E-state index contributed by atoms with van der Waals surface area (Å²) in [6, 6.07) is 11.8. The Kier molecular flexibility index (Phi) is 6.52. The number of carbonyl (C=O) groups excluding carboxylic acids is 2. The van der Waals surface area contributed by atoms with Gasteiger partial charge in [-0.05, 0) is 48.4 Å². The zero-order valence-electron chi connectivity index (χ0n) is 15.8. The third-order valence-corrected chi connectivity index (χ3v) is 5.79. The molecule has 1 N–H and O–H groups in total. The van der Waals surface area contributed by atoms with E-state index in [1.807, 2.05) is 19.1 Å². The lowest BCUT2D eigenvalue weighted by molar-refractivity contribution is -0.137. The highest BCUT2D eigenvalue weighted by Crippen LogP contribution is 2.42. The Labute approximate surface area is 171 Å². The van der Waals surface area contributed by atoms with Gasteiger partial charge in [0.25, 0.3) is 0 Å². The van der Waals surface area contributed by atoms with Crippen LogP contribution in [-0.2, 0) is 15.8 Å². The number of amides is 2. The fourth-order valence-electron chi connectivity index (χ4n) is 3.05. The van der Waals surface area contributed by atoms with Gasteiger partial charge in [0.2, 0.25) is 11.8 Å². The smallest absolute Gasteiger partial charge is 0.326 e. The number of hydrogen-bond donors (Lipinski definition) is 1. The Bertz CT molecular complexity index is 867. The minimum absolute atomic E-state index is 0.0450. The van der Waals surface area contributed by atoms with Crippen LogP contribution < -0.4 is 10.2 Å². The average molecular weight is 422 g/mol. The van der Waals surface area contributed by atoms with Crippen LogP contribution in [0, 0.1) is 0 Å². The van der Waals surface area contributed by atoms with Gasteiger partial charge in [0.05, 0.1) is 11.3 Å². The molecule has 0 aromatic heterocycles. The van der Waals surface area contributed by atoms with E-state index < -0.39 is 11.7 Å². The summed E-state index contributed by atoms with van der Waals surface area (Å²) in [5.74, 6) is 0.0504. The van der Waals surface area contributed by atoms with Gasteiger partial charge in [0, 0.05) is 17.8 Å². The number of alkyl halides is 3. The van der Waals surface area contributed by atoms with Gasteiger partial charge < -0.3 is 5.32 Å². The summed E-state index contributed by atoms with van der Waals surface area (Å²) in [5, 5.41) is 2.50. The molecule has 0 spiro atoms. The quantitative estimate of drug-likeness (QED) is 0.658. The van der Waals surface area contributed by atoms with Gasteiger partial charge in [-0.1, -0.05) is 25.5 Å². The van der Waals surface area contributed by atoms with Crippen molar-refractivity contribution < 1.29 is 22.8 Å². The van der Waals surface area contributed by atoms with Gasteiger partial charge in [-0.25, -0.2) is 0 Å². The lowest BCUT2D eigenvalue weighted by atomic mass is 10.1. The number of benzene rings is 2. The van der Waals surface area contributed by atoms with Crippen molar-refractivity contribution in [1.29, 1.82) is 0 Å². The zero-order chi connectivity index (χ0) is 21.0. The molecular weight excluding hydrogens is 401 g/mol. The Hall–Kier alpha value is -2.48. The van der Waals surface area contributed by atoms with Crippen LogP contribution in [0.5, 0.6) is 0 Å². The summed E-state index contributed by atoms with van der Waals surface area (Å²) in [6.07, 6.45) is -2.18. The molecule has 1 heterocycles. The molecule has 4 nitrogen and oxygen atoms in total. The standard InChI is InChI=1S/C21H21F3N2O2S/c1-2-3-4-18(27)25-16-9-5-14(6-10-16)20-26(19(28)13-29-20)17-11-7-15(8-12-17)21(22,23)24/h5-12,20H,2-4,13H2,1H3,(H,25,27). The first-order chi connectivity index (χ1) is 13.8. The molecule has 0 saturated carbocycles. The van der Waals surface area contributed by atoms with Crippen LogP contribution in [0.25, 0.3) is 0 Å². The second kappa shape index (κ2) is 8.90. The summed E-state index contributed by atoms with van der Waals surface area (Å²) in [5.41, 5.74) is 1.19. The summed E-state index contributed by atoms with van der Waals surface area (Å²) in [4.78, 5) is 25.7. The lowest BCUT2D eigenvalue weighted by Gasteiger charge is -2.25. The zero-order valence-corrected chi connectivity index (χ0v) is 16.6. The van der Waals surface area contributed by atoms with Gasteiger partial charge in [-0.3, -0.25) is 14.5 Å². The number of thioether (sulfide) groups is 1. The largest absolute Gasteiger partial charge is 0.416 e. The van der Waals surface area contributed by atoms with Gasteiger partial charge in [-0.15, -0.1) is 11.8 Å². The van der Waals surface area contributed by atoms with Crippen molar-refractivity contribution in [2.45, 2.75) is 37.7 Å². The normalized spacial score (nSPS) is 16.9. The molecule has 0 aliphatic carbocycles. The van der Waals surface area contributed by atoms with Crippen LogP contribution in [0.1, 0.15) is 42.7 Å². The predicted molar refractivity (Wildman–Crippen MR) is 109 cm³/mol. The Balaban J connectivity index is 1.75. The number of rotatable bonds is 6. The van der Waals surface area contributed by atoms with E-state index in [1.54, 1.807) is 12.1 Å². The molecule has 0 radical (unpaired) electrons. The number of hydrogen-bond acceptors (Lipinski definition) is 3. The molecule has 154 valence electrons. The first-order valence-electron chi connectivity index (χ1n) is 9.30. The summed E-state index contributed by atoms with van der Waals surface area (Å²) in [7, 11) is 0. The van der Waals surface area contributed by atoms with E-state index >= 15 is 0 Å². The molecule has 0 bridgehead atoms. The van der Waals surface area contributed by atoms with E-state index in [2.05, 4.69) is 5.32 Å². The van der Waals surface area contributed by atoms with E-state index in [0.29, 0.717) is 17.8 Å². The number of unbranched alkanes of at least 4 members (excludes halogenated alkanes) is 1. The fourth-order valence-corrected chi connectivity index (χ4v) is 4.23. The highest BCUT2D eigenvalue weighted by atomic mass is 32.2. The number of nitrogens with one attached hydrogen (secondary N) is 1. The number of nitrogens with zero attached hydrogens (tertiary/aromatic N) is 1. The highest BCUT2D eigenvalue weighted by molar-refractivity contribution is 8.00. The Morgan fingerprint density at radius 2 is 1.79 bits per heavy atom. The molecule has 2 aromatic carbocycles. The molecule has 1 saturated heterocycles. The predicted octanol–water partition coefficient (Wildman–Crippen LogP) is 5.61. The van der Waals surface area contributed by atoms with Crippen LogP contribution in [0.3, 0.4) is 0 Å². The van der Waals surface area contributed by atoms with Crippen LogP contribution >= 0.6 is 11.8 Å². The first kappa shape index (κ1) is 21.2. The minimum atomic E-state index is -4.42. The van der Waals surface area contributed by atoms with Crippen molar-refractivity contribution in [2.24, 2.45) is 0 Å². The molecule has 1 aliphatic rings. The Morgan fingerprint density at radius 3 is 2.38 bits per heavy atom. The molecule has 1 fully saturated rings. The molecule has 8 heteroatoms. The molecule has 1 aliphatic heterocycles. The van der Waals surface area contributed by atoms with E-state index in [1.165, 1.54) is 28.8 Å².